The molecule has 5 rings (SSSR count). The monoisotopic (exact) mass is 530 g/mol. The number of anilines is 1. The standard InChI is InChI=1S/C25H30N4O3S3/c1-18-9-11-29(12-10-18)35(31,32)21-6-3-19(4-7-21)24(30)27-13-15-28(16-14-27)25-26-22-8-5-20(33-2)17-23(22)34-25/h3-8,17-18H,9-16H2,1-2H3. The molecule has 186 valence electrons. The number of piperazine rings is 1. The summed E-state index contributed by atoms with van der Waals surface area (Å²) in [4.78, 5) is 23.4. The lowest BCUT2D eigenvalue weighted by atomic mass is 10.0. The second-order valence-corrected chi connectivity index (χ2v) is 13.0. The van der Waals surface area contributed by atoms with E-state index in [1.54, 1.807) is 51.7 Å². The molecule has 0 spiro atoms. The Morgan fingerprint density at radius 2 is 1.69 bits per heavy atom. The predicted octanol–water partition coefficient (Wildman–Crippen LogP) is 4.40. The van der Waals surface area contributed by atoms with Gasteiger partial charge >= 0.3 is 0 Å². The third-order valence-corrected chi connectivity index (χ3v) is 10.6. The molecule has 0 radical (unpaired) electrons. The SMILES string of the molecule is CSc1ccc2nc(N3CCN(C(=O)c4ccc(S(=O)(=O)N5CCC(C)CC5)cc4)CC3)sc2c1. The van der Waals surface area contributed by atoms with Gasteiger partial charge in [-0.1, -0.05) is 18.3 Å². The van der Waals surface area contributed by atoms with Crippen LogP contribution in [0.5, 0.6) is 0 Å². The first-order chi connectivity index (χ1) is 16.8. The summed E-state index contributed by atoms with van der Waals surface area (Å²) >= 11 is 3.42. The van der Waals surface area contributed by atoms with Gasteiger partial charge in [0.05, 0.1) is 15.1 Å². The van der Waals surface area contributed by atoms with Crippen molar-refractivity contribution in [1.29, 1.82) is 0 Å². The van der Waals surface area contributed by atoms with Crippen LogP contribution in [0.25, 0.3) is 10.2 Å². The molecule has 2 aliphatic heterocycles. The molecule has 2 fully saturated rings. The Morgan fingerprint density at radius 3 is 2.34 bits per heavy atom. The average molecular weight is 531 g/mol. The molecule has 1 amide bonds. The first kappa shape index (κ1) is 24.5. The highest BCUT2D eigenvalue weighted by Gasteiger charge is 2.29. The van der Waals surface area contributed by atoms with Gasteiger partial charge in [0, 0.05) is 49.7 Å². The highest BCUT2D eigenvalue weighted by atomic mass is 32.2. The lowest BCUT2D eigenvalue weighted by Gasteiger charge is -2.34. The zero-order valence-corrected chi connectivity index (χ0v) is 22.5. The normalized spacial score (nSPS) is 18.3. The topological polar surface area (TPSA) is 73.8 Å². The van der Waals surface area contributed by atoms with Crippen molar-refractivity contribution in [3.63, 3.8) is 0 Å². The maximum absolute atomic E-state index is 13.1. The fourth-order valence-electron chi connectivity index (χ4n) is 4.58. The molecule has 2 saturated heterocycles. The summed E-state index contributed by atoms with van der Waals surface area (Å²) in [5, 5.41) is 0.993. The fourth-order valence-corrected chi connectivity index (χ4v) is 7.62. The van der Waals surface area contributed by atoms with Gasteiger partial charge in [0.1, 0.15) is 0 Å². The van der Waals surface area contributed by atoms with E-state index in [1.165, 1.54) is 9.60 Å². The largest absolute Gasteiger partial charge is 0.345 e. The van der Waals surface area contributed by atoms with Crippen LogP contribution >= 0.6 is 23.1 Å². The summed E-state index contributed by atoms with van der Waals surface area (Å²) in [7, 11) is -3.51. The summed E-state index contributed by atoms with van der Waals surface area (Å²) in [6.45, 7) is 5.93. The quantitative estimate of drug-likeness (QED) is 0.455. The third-order valence-electron chi connectivity index (χ3n) is 6.90. The number of benzene rings is 2. The molecule has 0 bridgehead atoms. The van der Waals surface area contributed by atoms with E-state index in [-0.39, 0.29) is 10.8 Å². The smallest absolute Gasteiger partial charge is 0.253 e. The molecule has 3 heterocycles. The number of carbonyl (C=O) groups excluding carboxylic acids is 1. The Bertz CT molecular complexity index is 1310. The van der Waals surface area contributed by atoms with Crippen LogP contribution in [0.1, 0.15) is 30.1 Å². The molecule has 3 aromatic rings. The minimum atomic E-state index is -3.51. The van der Waals surface area contributed by atoms with E-state index < -0.39 is 10.0 Å². The van der Waals surface area contributed by atoms with Crippen molar-refractivity contribution in [1.82, 2.24) is 14.2 Å². The zero-order chi connectivity index (χ0) is 24.6. The van der Waals surface area contributed by atoms with Crippen molar-refractivity contribution in [3.8, 4) is 0 Å². The number of thiazole rings is 1. The Morgan fingerprint density at radius 1 is 1.00 bits per heavy atom. The molecule has 7 nitrogen and oxygen atoms in total. The molecule has 0 N–H and O–H groups in total. The Balaban J connectivity index is 1.22. The number of thioether (sulfide) groups is 1. The van der Waals surface area contributed by atoms with Crippen LogP contribution in [0.2, 0.25) is 0 Å². The average Bonchev–Trinajstić information content (AvgIpc) is 3.32. The van der Waals surface area contributed by atoms with Crippen molar-refractivity contribution < 1.29 is 13.2 Å². The number of aromatic nitrogens is 1. The van der Waals surface area contributed by atoms with Gasteiger partial charge in [-0.3, -0.25) is 4.79 Å². The molecule has 35 heavy (non-hydrogen) atoms. The van der Waals surface area contributed by atoms with Gasteiger partial charge in [0.2, 0.25) is 10.0 Å². The maximum atomic E-state index is 13.1. The summed E-state index contributed by atoms with van der Waals surface area (Å²) in [5.41, 5.74) is 1.53. The number of sulfonamides is 1. The second kappa shape index (κ2) is 10.1. The van der Waals surface area contributed by atoms with Gasteiger partial charge in [-0.25, -0.2) is 13.4 Å². The van der Waals surface area contributed by atoms with Crippen LogP contribution < -0.4 is 4.90 Å². The molecule has 2 aliphatic rings. The van der Waals surface area contributed by atoms with Gasteiger partial charge in [-0.05, 0) is 67.5 Å². The van der Waals surface area contributed by atoms with Crippen molar-refractivity contribution in [2.75, 3.05) is 50.4 Å². The number of fused-ring (bicyclic) bond motifs is 1. The highest BCUT2D eigenvalue weighted by molar-refractivity contribution is 7.98. The number of rotatable bonds is 5. The molecule has 0 saturated carbocycles. The van der Waals surface area contributed by atoms with E-state index in [2.05, 4.69) is 36.3 Å². The minimum Gasteiger partial charge on any atom is -0.345 e. The number of hydrogen-bond acceptors (Lipinski definition) is 7. The maximum Gasteiger partial charge on any atom is 0.253 e. The highest BCUT2D eigenvalue weighted by Crippen LogP contribution is 2.32. The van der Waals surface area contributed by atoms with Gasteiger partial charge in [0.25, 0.3) is 5.91 Å². The molecule has 0 aliphatic carbocycles. The number of piperidine rings is 1. The third kappa shape index (κ3) is 5.07. The molecule has 0 unspecified atom stereocenters. The molecule has 2 aromatic carbocycles. The lowest BCUT2D eigenvalue weighted by molar-refractivity contribution is 0.0746. The van der Waals surface area contributed by atoms with E-state index >= 15 is 0 Å². The van der Waals surface area contributed by atoms with Crippen molar-refractivity contribution in [3.05, 3.63) is 48.0 Å². The first-order valence-electron chi connectivity index (χ1n) is 11.9. The number of amides is 1. The molecule has 0 atom stereocenters. The molecular formula is C25H30N4O3S3. The van der Waals surface area contributed by atoms with E-state index in [0.29, 0.717) is 37.7 Å². The van der Waals surface area contributed by atoms with Crippen LogP contribution in [0.4, 0.5) is 5.13 Å². The van der Waals surface area contributed by atoms with Crippen molar-refractivity contribution in [2.24, 2.45) is 5.92 Å². The summed E-state index contributed by atoms with van der Waals surface area (Å²) < 4.78 is 28.7. The van der Waals surface area contributed by atoms with Gasteiger partial charge in [0.15, 0.2) is 5.13 Å². The molecule has 10 heteroatoms. The van der Waals surface area contributed by atoms with Crippen LogP contribution in [0.3, 0.4) is 0 Å². The molecular weight excluding hydrogens is 501 g/mol. The zero-order valence-electron chi connectivity index (χ0n) is 20.0. The van der Waals surface area contributed by atoms with Crippen LogP contribution in [-0.4, -0.2) is 74.0 Å². The number of nitrogens with zero attached hydrogens (tertiary/aromatic N) is 4. The summed E-state index contributed by atoms with van der Waals surface area (Å²) in [6, 6.07) is 12.8. The van der Waals surface area contributed by atoms with Crippen LogP contribution in [-0.2, 0) is 10.0 Å². The van der Waals surface area contributed by atoms with E-state index in [9.17, 15) is 13.2 Å². The molecule has 1 aromatic heterocycles. The Kier molecular flexibility index (Phi) is 7.07. The summed E-state index contributed by atoms with van der Waals surface area (Å²) in [6.07, 6.45) is 3.84. The van der Waals surface area contributed by atoms with Crippen LogP contribution in [0.15, 0.2) is 52.3 Å². The van der Waals surface area contributed by atoms with E-state index in [0.717, 1.165) is 36.6 Å². The lowest BCUT2D eigenvalue weighted by Crippen LogP contribution is -2.48. The van der Waals surface area contributed by atoms with Gasteiger partial charge in [-0.15, -0.1) is 11.8 Å². The van der Waals surface area contributed by atoms with Crippen molar-refractivity contribution in [2.45, 2.75) is 29.6 Å². The Hall–Kier alpha value is -2.14. The first-order valence-corrected chi connectivity index (χ1v) is 15.4. The van der Waals surface area contributed by atoms with Gasteiger partial charge < -0.3 is 9.80 Å². The van der Waals surface area contributed by atoms with Gasteiger partial charge in [-0.2, -0.15) is 4.31 Å². The minimum absolute atomic E-state index is 0.0608. The van der Waals surface area contributed by atoms with E-state index in [4.69, 9.17) is 4.98 Å². The number of carbonyl (C=O) groups is 1. The number of hydrogen-bond donors (Lipinski definition) is 0. The summed E-state index contributed by atoms with van der Waals surface area (Å²) in [5.74, 6) is 0.499. The Labute approximate surface area is 215 Å². The second-order valence-electron chi connectivity index (χ2n) is 9.22. The van der Waals surface area contributed by atoms with Crippen LogP contribution in [0, 0.1) is 5.92 Å². The van der Waals surface area contributed by atoms with E-state index in [1.807, 2.05) is 4.90 Å². The van der Waals surface area contributed by atoms with Crippen molar-refractivity contribution >= 4 is 54.4 Å². The predicted molar refractivity (Wildman–Crippen MR) is 143 cm³/mol. The fraction of sp³-hybridized carbons (Fsp3) is 0.440.